The molecule has 2 N–H and O–H groups in total. The molecule has 0 aromatic carbocycles. The number of hydrogen-bond acceptors (Lipinski definition) is 4. The van der Waals surface area contributed by atoms with Crippen molar-refractivity contribution in [2.24, 2.45) is 5.92 Å². The van der Waals surface area contributed by atoms with Crippen LogP contribution >= 0.6 is 24.8 Å². The molecule has 2 saturated heterocycles. The third-order valence-electron chi connectivity index (χ3n) is 3.71. The first-order valence-corrected chi connectivity index (χ1v) is 7.12. The molecule has 0 aromatic heterocycles. The lowest BCUT2D eigenvalue weighted by Crippen LogP contribution is -2.38. The molecule has 0 radical (unpaired) electrons. The summed E-state index contributed by atoms with van der Waals surface area (Å²) in [6.07, 6.45) is 2.86. The molecule has 1 unspecified atom stereocenters. The molecule has 5 nitrogen and oxygen atoms in total. The van der Waals surface area contributed by atoms with Gasteiger partial charge >= 0.3 is 0 Å². The normalized spacial score (nSPS) is 22.7. The van der Waals surface area contributed by atoms with Crippen LogP contribution in [0.25, 0.3) is 0 Å². The zero-order valence-electron chi connectivity index (χ0n) is 11.9. The van der Waals surface area contributed by atoms with E-state index in [1.54, 1.807) is 0 Å². The average Bonchev–Trinajstić information content (AvgIpc) is 2.89. The van der Waals surface area contributed by atoms with Crippen molar-refractivity contribution in [2.45, 2.75) is 19.3 Å². The number of carbonyl (C=O) groups is 1. The second-order valence-corrected chi connectivity index (χ2v) is 5.22. The van der Waals surface area contributed by atoms with Crippen molar-refractivity contribution in [1.82, 2.24) is 15.5 Å². The molecule has 0 aliphatic carbocycles. The van der Waals surface area contributed by atoms with E-state index in [-0.39, 0.29) is 30.7 Å². The number of amides is 1. The largest absolute Gasteiger partial charge is 0.379 e. The number of nitrogens with zero attached hydrogens (tertiary/aromatic N) is 1. The van der Waals surface area contributed by atoms with Crippen LogP contribution in [0.5, 0.6) is 0 Å². The molecule has 1 amide bonds. The van der Waals surface area contributed by atoms with Gasteiger partial charge in [-0.1, -0.05) is 0 Å². The summed E-state index contributed by atoms with van der Waals surface area (Å²) in [6.45, 7) is 7.69. The minimum absolute atomic E-state index is 0. The van der Waals surface area contributed by atoms with Gasteiger partial charge in [0.2, 0.25) is 5.91 Å². The van der Waals surface area contributed by atoms with Crippen LogP contribution in [0.2, 0.25) is 0 Å². The molecule has 2 aliphatic rings. The van der Waals surface area contributed by atoms with Crippen LogP contribution in [0.4, 0.5) is 0 Å². The van der Waals surface area contributed by atoms with Gasteiger partial charge in [0.05, 0.1) is 13.2 Å². The monoisotopic (exact) mass is 327 g/mol. The number of carbonyl (C=O) groups excluding carboxylic acids is 1. The lowest BCUT2D eigenvalue weighted by molar-refractivity contribution is -0.121. The van der Waals surface area contributed by atoms with Crippen molar-refractivity contribution >= 4 is 30.7 Å². The molecule has 7 heteroatoms. The van der Waals surface area contributed by atoms with E-state index >= 15 is 0 Å². The van der Waals surface area contributed by atoms with Gasteiger partial charge in [0.15, 0.2) is 0 Å². The molecule has 0 spiro atoms. The summed E-state index contributed by atoms with van der Waals surface area (Å²) in [6, 6.07) is 0. The third-order valence-corrected chi connectivity index (χ3v) is 3.71. The van der Waals surface area contributed by atoms with Crippen molar-refractivity contribution in [3.63, 3.8) is 0 Å². The predicted octanol–water partition coefficient (Wildman–Crippen LogP) is 0.668. The summed E-state index contributed by atoms with van der Waals surface area (Å²) in [7, 11) is 0. The van der Waals surface area contributed by atoms with Gasteiger partial charge in [0.25, 0.3) is 0 Å². The van der Waals surface area contributed by atoms with Gasteiger partial charge in [-0.2, -0.15) is 0 Å². The highest BCUT2D eigenvalue weighted by Gasteiger charge is 2.17. The topological polar surface area (TPSA) is 53.6 Å². The van der Waals surface area contributed by atoms with Crippen LogP contribution < -0.4 is 10.6 Å². The van der Waals surface area contributed by atoms with Gasteiger partial charge in [-0.25, -0.2) is 0 Å². The maximum Gasteiger partial charge on any atom is 0.220 e. The van der Waals surface area contributed by atoms with Gasteiger partial charge in [-0.05, 0) is 38.4 Å². The van der Waals surface area contributed by atoms with Crippen molar-refractivity contribution < 1.29 is 9.53 Å². The Bertz CT molecular complexity index is 258. The molecule has 2 fully saturated rings. The van der Waals surface area contributed by atoms with Crippen molar-refractivity contribution in [1.29, 1.82) is 0 Å². The molecular weight excluding hydrogens is 301 g/mol. The first kappa shape index (κ1) is 19.9. The van der Waals surface area contributed by atoms with Crippen LogP contribution in [0, 0.1) is 5.92 Å². The van der Waals surface area contributed by atoms with Gasteiger partial charge in [-0.15, -0.1) is 24.8 Å². The highest BCUT2D eigenvalue weighted by Crippen LogP contribution is 2.11. The van der Waals surface area contributed by atoms with E-state index in [2.05, 4.69) is 15.5 Å². The molecule has 0 saturated carbocycles. The molecule has 20 heavy (non-hydrogen) atoms. The molecule has 0 aromatic rings. The first-order valence-electron chi connectivity index (χ1n) is 7.12. The van der Waals surface area contributed by atoms with E-state index in [1.165, 1.54) is 0 Å². The summed E-state index contributed by atoms with van der Waals surface area (Å²) in [5.41, 5.74) is 0. The molecule has 2 rings (SSSR count). The molecule has 1 atom stereocenters. The SMILES string of the molecule is Cl.Cl.O=C(CC1CCNC1)NCCCN1CCOCC1. The van der Waals surface area contributed by atoms with Gasteiger partial charge in [0.1, 0.15) is 0 Å². The van der Waals surface area contributed by atoms with E-state index in [9.17, 15) is 4.79 Å². The van der Waals surface area contributed by atoms with Crippen LogP contribution in [-0.4, -0.2) is 63.3 Å². The Balaban J connectivity index is 0.00000180. The Morgan fingerprint density at radius 1 is 1.30 bits per heavy atom. The fraction of sp³-hybridized carbons (Fsp3) is 0.923. The van der Waals surface area contributed by atoms with Crippen molar-refractivity contribution in [2.75, 3.05) is 52.5 Å². The minimum Gasteiger partial charge on any atom is -0.379 e. The fourth-order valence-electron chi connectivity index (χ4n) is 2.58. The zero-order valence-corrected chi connectivity index (χ0v) is 13.6. The number of hydrogen-bond donors (Lipinski definition) is 2. The highest BCUT2D eigenvalue weighted by molar-refractivity contribution is 5.85. The Hall–Kier alpha value is -0.0700. The number of ether oxygens (including phenoxy) is 1. The minimum atomic E-state index is 0. The van der Waals surface area contributed by atoms with E-state index in [0.29, 0.717) is 12.3 Å². The average molecular weight is 328 g/mol. The van der Waals surface area contributed by atoms with E-state index < -0.39 is 0 Å². The van der Waals surface area contributed by atoms with Crippen LogP contribution in [0.15, 0.2) is 0 Å². The quantitative estimate of drug-likeness (QED) is 0.704. The molecular formula is C13H27Cl2N3O2. The van der Waals surface area contributed by atoms with Crippen molar-refractivity contribution in [3.8, 4) is 0 Å². The smallest absolute Gasteiger partial charge is 0.220 e. The fourth-order valence-corrected chi connectivity index (χ4v) is 2.58. The number of nitrogens with one attached hydrogen (secondary N) is 2. The number of morpholine rings is 1. The van der Waals surface area contributed by atoms with Crippen molar-refractivity contribution in [3.05, 3.63) is 0 Å². The van der Waals surface area contributed by atoms with E-state index in [0.717, 1.165) is 65.3 Å². The standard InChI is InChI=1S/C13H25N3O2.2ClH/c17-13(10-12-2-4-14-11-12)15-3-1-5-16-6-8-18-9-7-16;;/h12,14H,1-11H2,(H,15,17);2*1H. The Kier molecular flexibility index (Phi) is 11.5. The summed E-state index contributed by atoms with van der Waals surface area (Å²) in [5.74, 6) is 0.759. The number of rotatable bonds is 6. The van der Waals surface area contributed by atoms with Crippen LogP contribution in [-0.2, 0) is 9.53 Å². The molecule has 0 bridgehead atoms. The van der Waals surface area contributed by atoms with Crippen LogP contribution in [0.3, 0.4) is 0 Å². The lowest BCUT2D eigenvalue weighted by Gasteiger charge is -2.26. The predicted molar refractivity (Wildman–Crippen MR) is 85.0 cm³/mol. The number of halogens is 2. The Labute approximate surface area is 134 Å². The van der Waals surface area contributed by atoms with Gasteiger partial charge in [0, 0.05) is 26.1 Å². The molecule has 120 valence electrons. The van der Waals surface area contributed by atoms with E-state index in [1.807, 2.05) is 0 Å². The molecule has 2 aliphatic heterocycles. The Morgan fingerprint density at radius 3 is 2.70 bits per heavy atom. The van der Waals surface area contributed by atoms with Crippen LogP contribution in [0.1, 0.15) is 19.3 Å². The Morgan fingerprint density at radius 2 is 2.05 bits per heavy atom. The summed E-state index contributed by atoms with van der Waals surface area (Å²) < 4.78 is 5.30. The van der Waals surface area contributed by atoms with Gasteiger partial charge in [-0.3, -0.25) is 9.69 Å². The summed E-state index contributed by atoms with van der Waals surface area (Å²) in [4.78, 5) is 14.1. The maximum atomic E-state index is 11.7. The second kappa shape index (κ2) is 11.6. The summed E-state index contributed by atoms with van der Waals surface area (Å²) >= 11 is 0. The molecule has 2 heterocycles. The zero-order chi connectivity index (χ0) is 12.6. The highest BCUT2D eigenvalue weighted by atomic mass is 35.5. The summed E-state index contributed by atoms with van der Waals surface area (Å²) in [5, 5.41) is 6.31. The van der Waals surface area contributed by atoms with Gasteiger partial charge < -0.3 is 15.4 Å². The third kappa shape index (κ3) is 7.64. The maximum absolute atomic E-state index is 11.7. The van der Waals surface area contributed by atoms with E-state index in [4.69, 9.17) is 4.74 Å². The first-order chi connectivity index (χ1) is 8.84. The second-order valence-electron chi connectivity index (χ2n) is 5.22. The lowest BCUT2D eigenvalue weighted by atomic mass is 10.0.